The number of hydrogen-bond acceptors (Lipinski definition) is 24. The highest BCUT2D eigenvalue weighted by molar-refractivity contribution is 8.01. The molecule has 1 saturated heterocycles. The number of thioether (sulfide) groups is 4. The lowest BCUT2D eigenvalue weighted by atomic mass is 10.2. The average molecular weight is 1350 g/mol. The van der Waals surface area contributed by atoms with E-state index in [1.807, 2.05) is 34.1 Å². The zero-order valence-corrected chi connectivity index (χ0v) is 58.4. The van der Waals surface area contributed by atoms with Crippen LogP contribution >= 0.6 is 47.0 Å². The Labute approximate surface area is 556 Å². The molecule has 0 aromatic carbocycles. The molecule has 4 unspecified atom stereocenters. The van der Waals surface area contributed by atoms with Gasteiger partial charge >= 0.3 is 47.8 Å². The van der Waals surface area contributed by atoms with Gasteiger partial charge in [0.15, 0.2) is 0 Å². The summed E-state index contributed by atoms with van der Waals surface area (Å²) >= 11 is 6.14. The fraction of sp³-hybridized carbons (Fsp3) is 0.758. The van der Waals surface area contributed by atoms with E-state index in [-0.39, 0.29) is 123 Å². The van der Waals surface area contributed by atoms with Gasteiger partial charge in [-0.25, -0.2) is 0 Å². The Morgan fingerprint density at radius 1 is 0.344 bits per heavy atom. The van der Waals surface area contributed by atoms with E-state index in [4.69, 9.17) is 37.9 Å². The van der Waals surface area contributed by atoms with Gasteiger partial charge in [0.05, 0.1) is 46.7 Å². The molecular weight excluding hydrogens is 1230 g/mol. The summed E-state index contributed by atoms with van der Waals surface area (Å²) < 4.78 is 43.1. The highest BCUT2D eigenvalue weighted by Crippen LogP contribution is 2.19. The predicted octanol–water partition coefficient (Wildman–Crippen LogP) is 9.81. The summed E-state index contributed by atoms with van der Waals surface area (Å²) in [6, 6.07) is 0. The zero-order valence-electron chi connectivity index (χ0n) is 55.1. The van der Waals surface area contributed by atoms with E-state index in [0.717, 1.165) is 152 Å². The number of unbranched alkanes of at least 4 members (excludes halogenated alkanes) is 8. The molecular formula is C66H112N4O16S4. The van der Waals surface area contributed by atoms with Crippen molar-refractivity contribution in [3.63, 3.8) is 0 Å². The molecule has 0 radical (unpaired) electrons. The van der Waals surface area contributed by atoms with Crippen LogP contribution in [0.3, 0.4) is 0 Å². The molecule has 1 aliphatic rings. The molecule has 0 N–H and O–H groups in total. The van der Waals surface area contributed by atoms with Crippen LogP contribution in [-0.2, 0) is 76.3 Å². The molecule has 0 aromatic heterocycles. The molecule has 0 bridgehead atoms. The molecule has 0 saturated carbocycles. The smallest absolute Gasteiger partial charge is 0.318 e. The number of allylic oxidation sites excluding steroid dienone is 4. The standard InChI is InChI=1S/C66H112N4O16S4/c1-9-13-17-21-51-87-55(5)63(75)83-47-43-79-59(71)27-35-67(36-28-60(72)80-44-48-84-64(76)56(6)88-52-22-18-14-10-2)31-25-33-69-39-41-70(42-40-69)34-26-32-68(37-29-61(73)81-45-49-85-65(77)57(7)89-53-23-19-15-11-3)38-30-62(74)82-46-50-86-66(78)58(8)90-54-24-20-16-12-4/h9-12,55-58H,1-4,13-54H2,5-8H3. The van der Waals surface area contributed by atoms with Crippen molar-refractivity contribution >= 4 is 94.8 Å². The lowest BCUT2D eigenvalue weighted by Gasteiger charge is -2.35. The third-order valence-corrected chi connectivity index (χ3v) is 19.1. The molecule has 1 rings (SSSR count). The van der Waals surface area contributed by atoms with E-state index in [9.17, 15) is 38.4 Å². The molecule has 0 aromatic rings. The first-order chi connectivity index (χ1) is 43.5. The van der Waals surface area contributed by atoms with Gasteiger partial charge in [0.2, 0.25) is 0 Å². The Balaban J connectivity index is 2.76. The van der Waals surface area contributed by atoms with Gasteiger partial charge in [-0.2, -0.15) is 0 Å². The summed E-state index contributed by atoms with van der Waals surface area (Å²) in [4.78, 5) is 110. The minimum Gasteiger partial charge on any atom is -0.462 e. The lowest BCUT2D eigenvalue weighted by molar-refractivity contribution is -0.152. The van der Waals surface area contributed by atoms with Crippen LogP contribution in [0.5, 0.6) is 0 Å². The van der Waals surface area contributed by atoms with Crippen molar-refractivity contribution in [1.29, 1.82) is 0 Å². The van der Waals surface area contributed by atoms with Crippen LogP contribution in [0.2, 0.25) is 0 Å². The lowest BCUT2D eigenvalue weighted by Crippen LogP contribution is -2.47. The van der Waals surface area contributed by atoms with E-state index in [2.05, 4.69) is 36.1 Å². The molecule has 1 aliphatic heterocycles. The first kappa shape index (κ1) is 84.0. The molecule has 1 heterocycles. The van der Waals surface area contributed by atoms with E-state index in [1.165, 1.54) is 47.0 Å². The molecule has 516 valence electrons. The number of piperazine rings is 1. The number of nitrogens with zero attached hydrogens (tertiary/aromatic N) is 4. The van der Waals surface area contributed by atoms with E-state index >= 15 is 0 Å². The fourth-order valence-electron chi connectivity index (χ4n) is 8.77. The van der Waals surface area contributed by atoms with Crippen LogP contribution in [0.1, 0.15) is 143 Å². The summed E-state index contributed by atoms with van der Waals surface area (Å²) in [5, 5.41) is -1.29. The van der Waals surface area contributed by atoms with Gasteiger partial charge in [0.25, 0.3) is 0 Å². The summed E-state index contributed by atoms with van der Waals surface area (Å²) in [7, 11) is 0. The van der Waals surface area contributed by atoms with Crippen molar-refractivity contribution in [1.82, 2.24) is 19.6 Å². The van der Waals surface area contributed by atoms with Gasteiger partial charge in [-0.15, -0.1) is 73.4 Å². The van der Waals surface area contributed by atoms with Gasteiger partial charge < -0.3 is 57.5 Å². The number of carbonyl (C=O) groups excluding carboxylic acids is 8. The average Bonchev–Trinajstić information content (AvgIpc) is 3.47. The maximum atomic E-state index is 12.9. The summed E-state index contributed by atoms with van der Waals surface area (Å²) in [5.41, 5.74) is 0. The third kappa shape index (κ3) is 47.8. The largest absolute Gasteiger partial charge is 0.462 e. The molecule has 1 fully saturated rings. The second-order valence-electron chi connectivity index (χ2n) is 21.8. The SMILES string of the molecule is C=CCCCCSC(C)C(=O)OCCOC(=O)CCN(CCCN1CCN(CCCN(CCC(=O)OCCOC(=O)C(C)SCCCCC=C)CCC(=O)OCCOC(=O)C(C)SCCCCC=C)CC1)CCC(=O)OCCOC(=O)C(C)SCCCCC=C. The van der Waals surface area contributed by atoms with Crippen LogP contribution < -0.4 is 0 Å². The Kier molecular flexibility index (Phi) is 53.8. The van der Waals surface area contributed by atoms with Crippen LogP contribution in [0.25, 0.3) is 0 Å². The van der Waals surface area contributed by atoms with Crippen molar-refractivity contribution in [2.45, 2.75) is 164 Å². The number of hydrogen-bond donors (Lipinski definition) is 0. The van der Waals surface area contributed by atoms with Crippen molar-refractivity contribution < 1.29 is 76.3 Å². The number of ether oxygens (including phenoxy) is 8. The summed E-state index contributed by atoms with van der Waals surface area (Å²) in [6.45, 7) is 29.5. The predicted molar refractivity (Wildman–Crippen MR) is 365 cm³/mol. The highest BCUT2D eigenvalue weighted by atomic mass is 32.2. The summed E-state index contributed by atoms with van der Waals surface area (Å²) in [6.07, 6.45) is 21.2. The van der Waals surface area contributed by atoms with Crippen molar-refractivity contribution in [2.24, 2.45) is 0 Å². The fourth-order valence-corrected chi connectivity index (χ4v) is 12.5. The van der Waals surface area contributed by atoms with Gasteiger partial charge in [-0.3, -0.25) is 38.4 Å². The van der Waals surface area contributed by atoms with Crippen molar-refractivity contribution in [3.8, 4) is 0 Å². The summed E-state index contributed by atoms with van der Waals surface area (Å²) in [5.74, 6) is 0.245. The molecule has 4 atom stereocenters. The van der Waals surface area contributed by atoms with Crippen LogP contribution in [0.4, 0.5) is 0 Å². The van der Waals surface area contributed by atoms with E-state index in [1.54, 1.807) is 27.7 Å². The van der Waals surface area contributed by atoms with Crippen LogP contribution in [0.15, 0.2) is 50.6 Å². The minimum absolute atomic E-state index is 0.0347. The number of carbonyl (C=O) groups is 8. The number of esters is 8. The molecule has 0 amide bonds. The van der Waals surface area contributed by atoms with Crippen molar-refractivity contribution in [2.75, 3.05) is 154 Å². The maximum absolute atomic E-state index is 12.9. The second-order valence-corrected chi connectivity index (χ2v) is 27.6. The maximum Gasteiger partial charge on any atom is 0.318 e. The molecule has 20 nitrogen and oxygen atoms in total. The topological polar surface area (TPSA) is 223 Å². The molecule has 0 spiro atoms. The molecule has 0 aliphatic carbocycles. The van der Waals surface area contributed by atoms with Crippen molar-refractivity contribution in [3.05, 3.63) is 50.6 Å². The van der Waals surface area contributed by atoms with Gasteiger partial charge in [0.1, 0.15) is 52.9 Å². The normalized spacial score (nSPS) is 13.9. The van der Waals surface area contributed by atoms with Gasteiger partial charge in [0, 0.05) is 52.4 Å². The first-order valence-electron chi connectivity index (χ1n) is 32.6. The van der Waals surface area contributed by atoms with Gasteiger partial charge in [-0.1, -0.05) is 24.3 Å². The Morgan fingerprint density at radius 3 is 0.789 bits per heavy atom. The Bertz CT molecular complexity index is 1760. The second kappa shape index (κ2) is 57.6. The quantitative estimate of drug-likeness (QED) is 0.0239. The molecule has 24 heteroatoms. The third-order valence-electron chi connectivity index (χ3n) is 14.3. The first-order valence-corrected chi connectivity index (χ1v) is 36.8. The van der Waals surface area contributed by atoms with E-state index in [0.29, 0.717) is 39.3 Å². The highest BCUT2D eigenvalue weighted by Gasteiger charge is 2.22. The Hall–Kier alpha value is -4.04. The van der Waals surface area contributed by atoms with Crippen LogP contribution in [-0.4, -0.2) is 243 Å². The monoisotopic (exact) mass is 1340 g/mol. The Morgan fingerprint density at radius 2 is 0.567 bits per heavy atom. The number of rotatable bonds is 60. The van der Waals surface area contributed by atoms with Crippen LogP contribution in [0, 0.1) is 0 Å². The minimum atomic E-state index is -0.437. The van der Waals surface area contributed by atoms with E-state index < -0.39 is 23.9 Å². The zero-order chi connectivity index (χ0) is 66.2. The molecule has 90 heavy (non-hydrogen) atoms. The van der Waals surface area contributed by atoms with Gasteiger partial charge in [-0.05, 0) is 167 Å².